The van der Waals surface area contributed by atoms with Crippen LogP contribution in [-0.4, -0.2) is 42.0 Å². The number of carbonyl (C=O) groups excluding carboxylic acids is 2. The summed E-state index contributed by atoms with van der Waals surface area (Å²) in [5.74, 6) is -0.362. The molecule has 2 heterocycles. The van der Waals surface area contributed by atoms with Gasteiger partial charge in [0.05, 0.1) is 23.4 Å². The van der Waals surface area contributed by atoms with Crippen molar-refractivity contribution >= 4 is 35.0 Å². The zero-order valence-electron chi connectivity index (χ0n) is 15.7. The monoisotopic (exact) mass is 406 g/mol. The summed E-state index contributed by atoms with van der Waals surface area (Å²) < 4.78 is 5.19. The predicted molar refractivity (Wildman–Crippen MR) is 111 cm³/mol. The molecular weight excluding hydrogens is 388 g/mol. The molecule has 8 heteroatoms. The predicted octanol–water partition coefficient (Wildman–Crippen LogP) is 3.49. The number of aromatic nitrogens is 2. The summed E-state index contributed by atoms with van der Waals surface area (Å²) in [5.41, 5.74) is 2.44. The third kappa shape index (κ3) is 3.98. The van der Waals surface area contributed by atoms with Crippen LogP contribution in [0, 0.1) is 0 Å². The highest BCUT2D eigenvalue weighted by atomic mass is 32.2. The number of amides is 2. The Morgan fingerprint density at radius 1 is 1.14 bits per heavy atom. The number of ether oxygens (including phenoxy) is 1. The molecule has 0 spiro atoms. The Balaban J connectivity index is 1.69. The largest absolute Gasteiger partial charge is 0.383 e. The van der Waals surface area contributed by atoms with E-state index in [-0.39, 0.29) is 11.8 Å². The molecular formula is C21H18N4O3S. The smallest absolute Gasteiger partial charge is 0.259 e. The molecule has 1 aliphatic rings. The maximum Gasteiger partial charge on any atom is 0.259 e. The van der Waals surface area contributed by atoms with Crippen LogP contribution in [-0.2, 0) is 4.74 Å². The first-order valence-electron chi connectivity index (χ1n) is 8.95. The standard InChI is InChI=1S/C21H18N4O3S/c1-28-9-8-25-17-7-6-15(24-20(26)14-11-22-13-23-12-14)10-19(17)29-18-5-3-2-4-16(18)21(25)27/h2-7,10-13H,8-9H2,1H3,(H,24,26). The SMILES string of the molecule is COCCN1C(=O)c2ccccc2Sc2cc(NC(=O)c3cncnc3)ccc21. The molecule has 0 radical (unpaired) electrons. The average Bonchev–Trinajstić information content (AvgIpc) is 2.87. The lowest BCUT2D eigenvalue weighted by Crippen LogP contribution is -2.33. The van der Waals surface area contributed by atoms with Crippen LogP contribution in [0.4, 0.5) is 11.4 Å². The molecule has 3 aromatic rings. The van der Waals surface area contributed by atoms with Crippen LogP contribution in [0.1, 0.15) is 20.7 Å². The maximum absolute atomic E-state index is 13.1. The molecule has 2 aromatic carbocycles. The fourth-order valence-corrected chi connectivity index (χ4v) is 4.14. The lowest BCUT2D eigenvalue weighted by atomic mass is 10.1. The molecule has 0 saturated heterocycles. The molecule has 0 atom stereocenters. The summed E-state index contributed by atoms with van der Waals surface area (Å²) in [5, 5.41) is 2.86. The average molecular weight is 406 g/mol. The number of nitrogens with one attached hydrogen (secondary N) is 1. The second-order valence-corrected chi connectivity index (χ2v) is 7.40. The minimum atomic E-state index is -0.295. The van der Waals surface area contributed by atoms with E-state index in [2.05, 4.69) is 15.3 Å². The number of rotatable bonds is 5. The first kappa shape index (κ1) is 19.1. The molecule has 0 fully saturated rings. The van der Waals surface area contributed by atoms with Crippen LogP contribution in [0.2, 0.25) is 0 Å². The van der Waals surface area contributed by atoms with Gasteiger partial charge in [0, 0.05) is 41.5 Å². The Hall–Kier alpha value is -3.23. The number of nitrogens with zero attached hydrogens (tertiary/aromatic N) is 3. The highest BCUT2D eigenvalue weighted by Gasteiger charge is 2.27. The Bertz CT molecular complexity index is 1060. The van der Waals surface area contributed by atoms with Crippen LogP contribution in [0.3, 0.4) is 0 Å². The van der Waals surface area contributed by atoms with E-state index in [9.17, 15) is 9.59 Å². The van der Waals surface area contributed by atoms with Crippen molar-refractivity contribution in [2.24, 2.45) is 0 Å². The summed E-state index contributed by atoms with van der Waals surface area (Å²) in [6.45, 7) is 0.856. The van der Waals surface area contributed by atoms with E-state index in [1.165, 1.54) is 30.5 Å². The van der Waals surface area contributed by atoms with Gasteiger partial charge in [0.15, 0.2) is 0 Å². The van der Waals surface area contributed by atoms with Gasteiger partial charge >= 0.3 is 0 Å². The molecule has 2 amide bonds. The molecule has 29 heavy (non-hydrogen) atoms. The van der Waals surface area contributed by atoms with Crippen molar-refractivity contribution in [2.45, 2.75) is 9.79 Å². The van der Waals surface area contributed by atoms with Gasteiger partial charge in [-0.3, -0.25) is 9.59 Å². The molecule has 1 aliphatic heterocycles. The summed E-state index contributed by atoms with van der Waals surface area (Å²) in [6, 6.07) is 13.0. The van der Waals surface area contributed by atoms with Gasteiger partial charge in [0.2, 0.25) is 0 Å². The number of hydrogen-bond acceptors (Lipinski definition) is 6. The number of hydrogen-bond donors (Lipinski definition) is 1. The third-order valence-corrected chi connectivity index (χ3v) is 5.56. The van der Waals surface area contributed by atoms with Crippen LogP contribution in [0.25, 0.3) is 0 Å². The van der Waals surface area contributed by atoms with E-state index in [0.717, 1.165) is 15.5 Å². The van der Waals surface area contributed by atoms with Crippen molar-refractivity contribution in [3.05, 3.63) is 72.3 Å². The van der Waals surface area contributed by atoms with Gasteiger partial charge < -0.3 is 15.0 Å². The van der Waals surface area contributed by atoms with E-state index in [4.69, 9.17) is 4.74 Å². The minimum absolute atomic E-state index is 0.0675. The second-order valence-electron chi connectivity index (χ2n) is 6.31. The van der Waals surface area contributed by atoms with Gasteiger partial charge in [0.25, 0.3) is 11.8 Å². The number of anilines is 2. The van der Waals surface area contributed by atoms with Crippen molar-refractivity contribution in [1.29, 1.82) is 0 Å². The minimum Gasteiger partial charge on any atom is -0.383 e. The number of benzene rings is 2. The summed E-state index contributed by atoms with van der Waals surface area (Å²) >= 11 is 1.50. The lowest BCUT2D eigenvalue weighted by Gasteiger charge is -2.23. The Morgan fingerprint density at radius 2 is 1.93 bits per heavy atom. The first-order chi connectivity index (χ1) is 14.2. The molecule has 1 aromatic heterocycles. The number of methoxy groups -OCH3 is 1. The van der Waals surface area contributed by atoms with Gasteiger partial charge in [0.1, 0.15) is 6.33 Å². The second kappa shape index (κ2) is 8.42. The van der Waals surface area contributed by atoms with Crippen molar-refractivity contribution in [3.8, 4) is 0 Å². The topological polar surface area (TPSA) is 84.4 Å². The quantitative estimate of drug-likeness (QED) is 0.698. The summed E-state index contributed by atoms with van der Waals surface area (Å²) in [6.07, 6.45) is 4.29. The zero-order chi connectivity index (χ0) is 20.2. The van der Waals surface area contributed by atoms with Gasteiger partial charge in [-0.05, 0) is 30.3 Å². The third-order valence-electron chi connectivity index (χ3n) is 4.43. The van der Waals surface area contributed by atoms with E-state index in [1.54, 1.807) is 18.1 Å². The fraction of sp³-hybridized carbons (Fsp3) is 0.143. The molecule has 0 bridgehead atoms. The maximum atomic E-state index is 13.1. The van der Waals surface area contributed by atoms with Crippen molar-refractivity contribution in [1.82, 2.24) is 9.97 Å². The van der Waals surface area contributed by atoms with Gasteiger partial charge in [-0.1, -0.05) is 23.9 Å². The van der Waals surface area contributed by atoms with Crippen molar-refractivity contribution in [2.75, 3.05) is 30.5 Å². The number of fused-ring (bicyclic) bond motifs is 2. The Kier molecular flexibility index (Phi) is 5.55. The first-order valence-corrected chi connectivity index (χ1v) is 9.77. The zero-order valence-corrected chi connectivity index (χ0v) is 16.5. The van der Waals surface area contributed by atoms with Gasteiger partial charge in [-0.2, -0.15) is 0 Å². The molecule has 0 unspecified atom stereocenters. The molecule has 7 nitrogen and oxygen atoms in total. The number of carbonyl (C=O) groups is 2. The van der Waals surface area contributed by atoms with Gasteiger partial charge in [-0.25, -0.2) is 9.97 Å². The van der Waals surface area contributed by atoms with E-state index >= 15 is 0 Å². The molecule has 146 valence electrons. The normalized spacial score (nSPS) is 12.7. The summed E-state index contributed by atoms with van der Waals surface area (Å²) in [4.78, 5) is 36.8. The van der Waals surface area contributed by atoms with Crippen LogP contribution in [0.15, 0.2) is 71.0 Å². The lowest BCUT2D eigenvalue weighted by molar-refractivity contribution is 0.0972. The highest BCUT2D eigenvalue weighted by Crippen LogP contribution is 2.42. The van der Waals surface area contributed by atoms with E-state index in [0.29, 0.717) is 30.0 Å². The van der Waals surface area contributed by atoms with E-state index < -0.39 is 0 Å². The van der Waals surface area contributed by atoms with Crippen LogP contribution < -0.4 is 10.2 Å². The van der Waals surface area contributed by atoms with Crippen LogP contribution >= 0.6 is 11.8 Å². The van der Waals surface area contributed by atoms with Crippen molar-refractivity contribution < 1.29 is 14.3 Å². The van der Waals surface area contributed by atoms with Crippen LogP contribution in [0.5, 0.6) is 0 Å². The Morgan fingerprint density at radius 3 is 2.72 bits per heavy atom. The van der Waals surface area contributed by atoms with Crippen molar-refractivity contribution in [3.63, 3.8) is 0 Å². The Labute approximate surface area is 172 Å². The summed E-state index contributed by atoms with van der Waals surface area (Å²) in [7, 11) is 1.61. The highest BCUT2D eigenvalue weighted by molar-refractivity contribution is 7.99. The molecule has 4 rings (SSSR count). The molecule has 0 aliphatic carbocycles. The van der Waals surface area contributed by atoms with E-state index in [1.807, 2.05) is 36.4 Å². The molecule has 0 saturated carbocycles. The molecule has 1 N–H and O–H groups in total. The fourth-order valence-electron chi connectivity index (χ4n) is 3.03. The van der Waals surface area contributed by atoms with Gasteiger partial charge in [-0.15, -0.1) is 0 Å².